The molecule has 1 fully saturated rings. The molecule has 1 heterocycles. The van der Waals surface area contributed by atoms with Crippen LogP contribution in [-0.2, 0) is 0 Å². The Morgan fingerprint density at radius 1 is 1.50 bits per heavy atom. The van der Waals surface area contributed by atoms with Crippen molar-refractivity contribution in [2.24, 2.45) is 5.92 Å². The summed E-state index contributed by atoms with van der Waals surface area (Å²) >= 11 is 0. The van der Waals surface area contributed by atoms with Gasteiger partial charge in [0.1, 0.15) is 0 Å². The maximum Gasteiger partial charge on any atom is 0.0693 e. The molecular formula is C10H21NO. The number of rotatable bonds is 3. The maximum absolute atomic E-state index is 9.61. The van der Waals surface area contributed by atoms with E-state index in [9.17, 15) is 5.11 Å². The van der Waals surface area contributed by atoms with Crippen molar-refractivity contribution in [2.75, 3.05) is 19.6 Å². The molecule has 2 atom stereocenters. The van der Waals surface area contributed by atoms with Gasteiger partial charge in [0, 0.05) is 6.54 Å². The monoisotopic (exact) mass is 171 g/mol. The average Bonchev–Trinajstić information content (AvgIpc) is 2.07. The summed E-state index contributed by atoms with van der Waals surface area (Å²) in [5, 5.41) is 9.61. The summed E-state index contributed by atoms with van der Waals surface area (Å²) in [5.41, 5.74) is 0. The molecule has 0 aliphatic carbocycles. The standard InChI is InChI=1S/C10H21NO/c1-3-4-6-11-7-5-9(2)10(12)8-11/h9-10,12H,3-8H2,1-2H3. The molecular weight excluding hydrogens is 150 g/mol. The fraction of sp³-hybridized carbons (Fsp3) is 1.00. The molecule has 1 aliphatic heterocycles. The number of piperidine rings is 1. The van der Waals surface area contributed by atoms with Gasteiger partial charge in [-0.05, 0) is 31.8 Å². The van der Waals surface area contributed by atoms with Gasteiger partial charge in [0.15, 0.2) is 0 Å². The van der Waals surface area contributed by atoms with Crippen molar-refractivity contribution in [3.8, 4) is 0 Å². The Balaban J connectivity index is 2.21. The molecule has 0 aromatic rings. The van der Waals surface area contributed by atoms with E-state index in [1.54, 1.807) is 0 Å². The number of β-amino-alcohol motifs (C(OH)–C–C–N with tert-alkyl or cyclic N) is 1. The van der Waals surface area contributed by atoms with Gasteiger partial charge in [-0.2, -0.15) is 0 Å². The number of aliphatic hydroxyl groups is 1. The highest BCUT2D eigenvalue weighted by atomic mass is 16.3. The van der Waals surface area contributed by atoms with Crippen LogP contribution in [0.15, 0.2) is 0 Å². The van der Waals surface area contributed by atoms with Crippen LogP contribution in [0.3, 0.4) is 0 Å². The molecule has 0 amide bonds. The lowest BCUT2D eigenvalue weighted by Gasteiger charge is -2.34. The molecule has 2 heteroatoms. The molecule has 1 saturated heterocycles. The normalized spacial score (nSPS) is 32.2. The van der Waals surface area contributed by atoms with Crippen LogP contribution in [0.2, 0.25) is 0 Å². The predicted molar refractivity (Wildman–Crippen MR) is 51.1 cm³/mol. The lowest BCUT2D eigenvalue weighted by atomic mass is 9.96. The first-order chi connectivity index (χ1) is 5.74. The molecule has 1 aliphatic rings. The summed E-state index contributed by atoms with van der Waals surface area (Å²) in [6.07, 6.45) is 3.59. The molecule has 0 aromatic carbocycles. The Morgan fingerprint density at radius 2 is 2.25 bits per heavy atom. The van der Waals surface area contributed by atoms with Gasteiger partial charge in [-0.15, -0.1) is 0 Å². The number of likely N-dealkylation sites (tertiary alicyclic amines) is 1. The van der Waals surface area contributed by atoms with Crippen LogP contribution in [0, 0.1) is 5.92 Å². The Hall–Kier alpha value is -0.0800. The number of hydrogen-bond donors (Lipinski definition) is 1. The molecule has 0 aromatic heterocycles. The molecule has 0 spiro atoms. The Labute approximate surface area is 75.6 Å². The van der Waals surface area contributed by atoms with Gasteiger partial charge < -0.3 is 10.0 Å². The zero-order chi connectivity index (χ0) is 8.97. The molecule has 1 N–H and O–H groups in total. The number of hydrogen-bond acceptors (Lipinski definition) is 2. The fourth-order valence-corrected chi connectivity index (χ4v) is 1.70. The maximum atomic E-state index is 9.61. The first kappa shape index (κ1) is 10.0. The summed E-state index contributed by atoms with van der Waals surface area (Å²) in [6.45, 7) is 7.59. The molecule has 1 rings (SSSR count). The lowest BCUT2D eigenvalue weighted by Crippen LogP contribution is -2.43. The van der Waals surface area contributed by atoms with Crippen molar-refractivity contribution in [1.29, 1.82) is 0 Å². The minimum atomic E-state index is -0.0874. The predicted octanol–water partition coefficient (Wildman–Crippen LogP) is 1.49. The first-order valence-corrected chi connectivity index (χ1v) is 5.14. The van der Waals surface area contributed by atoms with Gasteiger partial charge in [0.25, 0.3) is 0 Å². The second-order valence-corrected chi connectivity index (χ2v) is 3.99. The van der Waals surface area contributed by atoms with Crippen LogP contribution >= 0.6 is 0 Å². The van der Waals surface area contributed by atoms with E-state index in [0.29, 0.717) is 5.92 Å². The van der Waals surface area contributed by atoms with Gasteiger partial charge >= 0.3 is 0 Å². The fourth-order valence-electron chi connectivity index (χ4n) is 1.70. The number of nitrogens with zero attached hydrogens (tertiary/aromatic N) is 1. The zero-order valence-electron chi connectivity index (χ0n) is 8.29. The van der Waals surface area contributed by atoms with Crippen molar-refractivity contribution in [1.82, 2.24) is 4.90 Å². The topological polar surface area (TPSA) is 23.5 Å². The van der Waals surface area contributed by atoms with Gasteiger partial charge in [0.05, 0.1) is 6.10 Å². The third-order valence-electron chi connectivity index (χ3n) is 2.83. The van der Waals surface area contributed by atoms with Gasteiger partial charge in [0.2, 0.25) is 0 Å². The van der Waals surface area contributed by atoms with Gasteiger partial charge in [-0.1, -0.05) is 20.3 Å². The SMILES string of the molecule is CCCCN1CCC(C)C(O)C1. The molecule has 0 radical (unpaired) electrons. The van der Waals surface area contributed by atoms with E-state index < -0.39 is 0 Å². The summed E-state index contributed by atoms with van der Waals surface area (Å²) in [4.78, 5) is 2.38. The Bertz CT molecular complexity index is 125. The van der Waals surface area contributed by atoms with Crippen molar-refractivity contribution >= 4 is 0 Å². The van der Waals surface area contributed by atoms with Crippen LogP contribution < -0.4 is 0 Å². The van der Waals surface area contributed by atoms with E-state index in [1.165, 1.54) is 25.9 Å². The highest BCUT2D eigenvalue weighted by Gasteiger charge is 2.23. The number of aliphatic hydroxyl groups excluding tert-OH is 1. The largest absolute Gasteiger partial charge is 0.392 e. The Kier molecular flexibility index (Phi) is 4.02. The second kappa shape index (κ2) is 4.83. The third kappa shape index (κ3) is 2.76. The molecule has 0 bridgehead atoms. The number of unbranched alkanes of at least 4 members (excludes halogenated alkanes) is 1. The van der Waals surface area contributed by atoms with Gasteiger partial charge in [-0.25, -0.2) is 0 Å². The van der Waals surface area contributed by atoms with Gasteiger partial charge in [-0.3, -0.25) is 0 Å². The summed E-state index contributed by atoms with van der Waals surface area (Å²) in [7, 11) is 0. The van der Waals surface area contributed by atoms with E-state index in [-0.39, 0.29) is 6.10 Å². The highest BCUT2D eigenvalue weighted by molar-refractivity contribution is 4.76. The van der Waals surface area contributed by atoms with E-state index >= 15 is 0 Å². The minimum absolute atomic E-state index is 0.0874. The zero-order valence-corrected chi connectivity index (χ0v) is 8.29. The van der Waals surface area contributed by atoms with Crippen molar-refractivity contribution < 1.29 is 5.11 Å². The summed E-state index contributed by atoms with van der Waals surface area (Å²) < 4.78 is 0. The minimum Gasteiger partial charge on any atom is -0.392 e. The third-order valence-corrected chi connectivity index (χ3v) is 2.83. The second-order valence-electron chi connectivity index (χ2n) is 3.99. The summed E-state index contributed by atoms with van der Waals surface area (Å²) in [6, 6.07) is 0. The first-order valence-electron chi connectivity index (χ1n) is 5.14. The molecule has 2 nitrogen and oxygen atoms in total. The van der Waals surface area contributed by atoms with Crippen molar-refractivity contribution in [3.05, 3.63) is 0 Å². The quantitative estimate of drug-likeness (QED) is 0.695. The molecule has 2 unspecified atom stereocenters. The average molecular weight is 171 g/mol. The van der Waals surface area contributed by atoms with Crippen LogP contribution in [0.25, 0.3) is 0 Å². The van der Waals surface area contributed by atoms with E-state index in [4.69, 9.17) is 0 Å². The van der Waals surface area contributed by atoms with E-state index in [2.05, 4.69) is 18.7 Å². The lowest BCUT2D eigenvalue weighted by molar-refractivity contribution is 0.0288. The van der Waals surface area contributed by atoms with Crippen LogP contribution in [0.1, 0.15) is 33.1 Å². The van der Waals surface area contributed by atoms with Crippen LogP contribution in [0.5, 0.6) is 0 Å². The van der Waals surface area contributed by atoms with Crippen LogP contribution in [-0.4, -0.2) is 35.7 Å². The summed E-state index contributed by atoms with van der Waals surface area (Å²) in [5.74, 6) is 0.503. The highest BCUT2D eigenvalue weighted by Crippen LogP contribution is 2.16. The van der Waals surface area contributed by atoms with E-state index in [1.807, 2.05) is 0 Å². The Morgan fingerprint density at radius 3 is 2.83 bits per heavy atom. The van der Waals surface area contributed by atoms with E-state index in [0.717, 1.165) is 13.0 Å². The molecule has 12 heavy (non-hydrogen) atoms. The molecule has 72 valence electrons. The smallest absolute Gasteiger partial charge is 0.0693 e. The van der Waals surface area contributed by atoms with Crippen molar-refractivity contribution in [2.45, 2.75) is 39.2 Å². The van der Waals surface area contributed by atoms with Crippen molar-refractivity contribution in [3.63, 3.8) is 0 Å². The van der Waals surface area contributed by atoms with Crippen LogP contribution in [0.4, 0.5) is 0 Å². The molecule has 0 saturated carbocycles.